The lowest BCUT2D eigenvalue weighted by Gasteiger charge is -2.16. The molecule has 0 saturated heterocycles. The Balaban J connectivity index is 1.88. The number of hydrogen-bond donors (Lipinski definition) is 1. The highest BCUT2D eigenvalue weighted by Gasteiger charge is 2.21. The topological polar surface area (TPSA) is 29.1 Å². The average molecular weight is 344 g/mol. The normalized spacial score (nSPS) is 13.5. The van der Waals surface area contributed by atoms with E-state index in [2.05, 4.69) is 38.2 Å². The van der Waals surface area contributed by atoms with E-state index in [1.165, 1.54) is 26.4 Å². The fourth-order valence-corrected chi connectivity index (χ4v) is 5.34. The van der Waals surface area contributed by atoms with Gasteiger partial charge in [0, 0.05) is 21.2 Å². The molecule has 3 rings (SSSR count). The first-order valence-electron chi connectivity index (χ1n) is 7.69. The van der Waals surface area contributed by atoms with E-state index in [0.717, 1.165) is 27.5 Å². The van der Waals surface area contributed by atoms with Crippen LogP contribution >= 0.6 is 23.1 Å². The lowest BCUT2D eigenvalue weighted by Crippen LogP contribution is -2.15. The molecule has 4 heteroatoms. The molecular weight excluding hydrogens is 322 g/mol. The third-order valence-electron chi connectivity index (χ3n) is 4.31. The first-order chi connectivity index (χ1) is 10.9. The minimum absolute atomic E-state index is 0.000547. The number of nitrogens with one attached hydrogen (secondary N) is 1. The Morgan fingerprint density at radius 3 is 2.39 bits per heavy atom. The molecule has 1 aliphatic rings. The van der Waals surface area contributed by atoms with E-state index >= 15 is 0 Å². The first kappa shape index (κ1) is 16.3. The monoisotopic (exact) mass is 343 g/mol. The molecule has 1 aliphatic heterocycles. The van der Waals surface area contributed by atoms with Crippen molar-refractivity contribution in [2.75, 3.05) is 5.32 Å². The van der Waals surface area contributed by atoms with Crippen LogP contribution < -0.4 is 5.32 Å². The molecule has 120 valence electrons. The SMILES string of the molecule is Cc1cc(C)c(NC(=O)C2=Cc3sc(C)c(C)c3CS2)c(C)c1. The summed E-state index contributed by atoms with van der Waals surface area (Å²) in [7, 11) is 0. The number of amides is 1. The maximum atomic E-state index is 12.7. The number of thioether (sulfide) groups is 1. The van der Waals surface area contributed by atoms with Crippen molar-refractivity contribution in [3.05, 3.63) is 54.6 Å². The van der Waals surface area contributed by atoms with Crippen LogP contribution in [0, 0.1) is 34.6 Å². The molecule has 1 N–H and O–H groups in total. The van der Waals surface area contributed by atoms with Gasteiger partial charge in [-0.25, -0.2) is 0 Å². The number of aryl methyl sites for hydroxylation is 4. The number of rotatable bonds is 2. The third-order valence-corrected chi connectivity index (χ3v) is 6.56. The van der Waals surface area contributed by atoms with E-state index in [1.54, 1.807) is 23.1 Å². The maximum Gasteiger partial charge on any atom is 0.262 e. The van der Waals surface area contributed by atoms with Gasteiger partial charge in [0.05, 0.1) is 4.91 Å². The van der Waals surface area contributed by atoms with E-state index in [4.69, 9.17) is 0 Å². The zero-order valence-corrected chi connectivity index (χ0v) is 15.8. The molecule has 1 amide bonds. The van der Waals surface area contributed by atoms with Gasteiger partial charge in [0.1, 0.15) is 0 Å². The maximum absolute atomic E-state index is 12.7. The number of benzene rings is 1. The van der Waals surface area contributed by atoms with Crippen LogP contribution in [0.4, 0.5) is 5.69 Å². The molecule has 0 fully saturated rings. The van der Waals surface area contributed by atoms with Gasteiger partial charge < -0.3 is 5.32 Å². The lowest BCUT2D eigenvalue weighted by atomic mass is 10.1. The Labute approximate surface area is 146 Å². The minimum atomic E-state index is -0.000547. The van der Waals surface area contributed by atoms with Gasteiger partial charge >= 0.3 is 0 Å². The minimum Gasteiger partial charge on any atom is -0.321 e. The predicted molar refractivity (Wildman–Crippen MR) is 102 cm³/mol. The van der Waals surface area contributed by atoms with Gasteiger partial charge in [0.25, 0.3) is 5.91 Å². The zero-order valence-electron chi connectivity index (χ0n) is 14.2. The molecule has 1 aromatic carbocycles. The van der Waals surface area contributed by atoms with Crippen LogP contribution in [0.15, 0.2) is 17.0 Å². The Bertz CT molecular complexity index is 807. The summed E-state index contributed by atoms with van der Waals surface area (Å²) >= 11 is 3.41. The van der Waals surface area contributed by atoms with Crippen molar-refractivity contribution in [2.45, 2.75) is 40.4 Å². The summed E-state index contributed by atoms with van der Waals surface area (Å²) < 4.78 is 0. The first-order valence-corrected chi connectivity index (χ1v) is 9.49. The Morgan fingerprint density at radius 2 is 1.74 bits per heavy atom. The largest absolute Gasteiger partial charge is 0.321 e. The third kappa shape index (κ3) is 3.10. The highest BCUT2D eigenvalue weighted by atomic mass is 32.2. The zero-order chi connectivity index (χ0) is 16.7. The Hall–Kier alpha value is -1.52. The quantitative estimate of drug-likeness (QED) is 0.778. The molecule has 1 aromatic heterocycles. The fraction of sp³-hybridized carbons (Fsp3) is 0.316. The van der Waals surface area contributed by atoms with Crippen molar-refractivity contribution in [1.29, 1.82) is 0 Å². The second-order valence-electron chi connectivity index (χ2n) is 6.15. The van der Waals surface area contributed by atoms with Crippen molar-refractivity contribution in [1.82, 2.24) is 0 Å². The average Bonchev–Trinajstić information content (AvgIpc) is 2.77. The summed E-state index contributed by atoms with van der Waals surface area (Å²) in [5.74, 6) is 0.885. The summed E-state index contributed by atoms with van der Waals surface area (Å²) in [6.45, 7) is 10.5. The van der Waals surface area contributed by atoms with Crippen LogP contribution in [0.2, 0.25) is 0 Å². The predicted octanol–water partition coefficient (Wildman–Crippen LogP) is 5.52. The van der Waals surface area contributed by atoms with E-state index < -0.39 is 0 Å². The molecule has 0 radical (unpaired) electrons. The fourth-order valence-electron chi connectivity index (χ4n) is 2.99. The molecule has 2 aromatic rings. The Morgan fingerprint density at radius 1 is 1.09 bits per heavy atom. The number of carbonyl (C=O) groups is 1. The number of fused-ring (bicyclic) bond motifs is 1. The summed E-state index contributed by atoms with van der Waals surface area (Å²) in [6.07, 6.45) is 2.04. The van der Waals surface area contributed by atoms with Gasteiger partial charge in [-0.15, -0.1) is 23.1 Å². The van der Waals surface area contributed by atoms with Crippen molar-refractivity contribution < 1.29 is 4.79 Å². The van der Waals surface area contributed by atoms with Gasteiger partial charge in [0.2, 0.25) is 0 Å². The van der Waals surface area contributed by atoms with Crippen LogP contribution in [0.3, 0.4) is 0 Å². The summed E-state index contributed by atoms with van der Waals surface area (Å²) in [4.78, 5) is 16.0. The van der Waals surface area contributed by atoms with Crippen molar-refractivity contribution >= 4 is 40.8 Å². The van der Waals surface area contributed by atoms with E-state index in [9.17, 15) is 4.79 Å². The molecule has 0 unspecified atom stereocenters. The van der Waals surface area contributed by atoms with Crippen molar-refractivity contribution in [3.63, 3.8) is 0 Å². The molecular formula is C19H21NOS2. The van der Waals surface area contributed by atoms with Gasteiger partial charge in [-0.3, -0.25) is 4.79 Å². The molecule has 0 atom stereocenters. The molecule has 2 heterocycles. The van der Waals surface area contributed by atoms with E-state index in [-0.39, 0.29) is 5.91 Å². The number of hydrogen-bond acceptors (Lipinski definition) is 3. The Kier molecular flexibility index (Phi) is 4.39. The molecule has 0 saturated carbocycles. The van der Waals surface area contributed by atoms with Crippen LogP contribution in [-0.4, -0.2) is 5.91 Å². The van der Waals surface area contributed by atoms with Crippen molar-refractivity contribution in [3.8, 4) is 0 Å². The molecule has 23 heavy (non-hydrogen) atoms. The highest BCUT2D eigenvalue weighted by molar-refractivity contribution is 8.03. The summed E-state index contributed by atoms with van der Waals surface area (Å²) in [5.41, 5.74) is 7.14. The van der Waals surface area contributed by atoms with Crippen LogP contribution in [0.1, 0.15) is 37.6 Å². The second kappa shape index (κ2) is 6.17. The molecule has 0 bridgehead atoms. The lowest BCUT2D eigenvalue weighted by molar-refractivity contribution is -0.112. The standard InChI is InChI=1S/C19H21NOS2/c1-10-6-11(2)18(12(3)7-10)20-19(21)17-8-16-15(9-22-17)13(4)14(5)23-16/h6-8H,9H2,1-5H3,(H,20,21). The van der Waals surface area contributed by atoms with Crippen LogP contribution in [-0.2, 0) is 10.5 Å². The second-order valence-corrected chi connectivity index (χ2v) is 8.42. The smallest absolute Gasteiger partial charge is 0.262 e. The van der Waals surface area contributed by atoms with Crippen molar-refractivity contribution in [2.24, 2.45) is 0 Å². The summed E-state index contributed by atoms with van der Waals surface area (Å²) in [5, 5.41) is 3.10. The van der Waals surface area contributed by atoms with Gasteiger partial charge in [-0.1, -0.05) is 17.7 Å². The van der Waals surface area contributed by atoms with Gasteiger partial charge in [-0.05, 0) is 62.9 Å². The van der Waals surface area contributed by atoms with Gasteiger partial charge in [0.15, 0.2) is 0 Å². The number of carbonyl (C=O) groups excluding carboxylic acids is 1. The van der Waals surface area contributed by atoms with E-state index in [1.807, 2.05) is 19.9 Å². The molecule has 0 spiro atoms. The summed E-state index contributed by atoms with van der Waals surface area (Å²) in [6, 6.07) is 4.21. The molecule has 2 nitrogen and oxygen atoms in total. The number of anilines is 1. The highest BCUT2D eigenvalue weighted by Crippen LogP contribution is 2.39. The van der Waals surface area contributed by atoms with Crippen LogP contribution in [0.5, 0.6) is 0 Å². The van der Waals surface area contributed by atoms with Crippen LogP contribution in [0.25, 0.3) is 6.08 Å². The van der Waals surface area contributed by atoms with E-state index in [0.29, 0.717) is 0 Å². The molecule has 0 aliphatic carbocycles. The number of thiophene rings is 1. The van der Waals surface area contributed by atoms with Gasteiger partial charge in [-0.2, -0.15) is 0 Å².